The Bertz CT molecular complexity index is 380. The molecule has 2 rings (SSSR count). The van der Waals surface area contributed by atoms with Gasteiger partial charge in [-0.3, -0.25) is 0 Å². The maximum atomic E-state index is 12.6. The van der Waals surface area contributed by atoms with Crippen molar-refractivity contribution in [2.75, 3.05) is 32.1 Å². The minimum absolute atomic E-state index is 0.318. The van der Waals surface area contributed by atoms with E-state index >= 15 is 0 Å². The summed E-state index contributed by atoms with van der Waals surface area (Å²) in [6.45, 7) is 4.80. The zero-order chi connectivity index (χ0) is 13.9. The summed E-state index contributed by atoms with van der Waals surface area (Å²) in [5.41, 5.74) is 0. The second kappa shape index (κ2) is 6.74. The van der Waals surface area contributed by atoms with Gasteiger partial charge in [0.25, 0.3) is 10.2 Å². The van der Waals surface area contributed by atoms with E-state index in [0.29, 0.717) is 43.9 Å². The highest BCUT2D eigenvalue weighted by Crippen LogP contribution is 2.26. The number of alkyl halides is 1. The van der Waals surface area contributed by atoms with E-state index < -0.39 is 10.2 Å². The van der Waals surface area contributed by atoms with Crippen molar-refractivity contribution in [3.05, 3.63) is 0 Å². The van der Waals surface area contributed by atoms with E-state index in [9.17, 15) is 8.42 Å². The summed E-state index contributed by atoms with van der Waals surface area (Å²) in [5.74, 6) is 1.57. The van der Waals surface area contributed by atoms with Crippen LogP contribution in [-0.4, -0.2) is 49.1 Å². The molecular weight excluding hydrogens is 284 g/mol. The third-order valence-electron chi connectivity index (χ3n) is 4.50. The van der Waals surface area contributed by atoms with Gasteiger partial charge in [-0.05, 0) is 37.5 Å². The highest BCUT2D eigenvalue weighted by molar-refractivity contribution is 7.86. The first kappa shape index (κ1) is 15.5. The smallest absolute Gasteiger partial charge is 0.195 e. The minimum atomic E-state index is -3.25. The summed E-state index contributed by atoms with van der Waals surface area (Å²) in [6.07, 6.45) is 5.15. The SMILES string of the molecule is CCC1CCN(S(=O)(=O)N2CCCC(CCl)C2)CC1. The normalized spacial score (nSPS) is 28.6. The summed E-state index contributed by atoms with van der Waals surface area (Å²) >= 11 is 5.88. The van der Waals surface area contributed by atoms with E-state index in [1.165, 1.54) is 0 Å². The summed E-state index contributed by atoms with van der Waals surface area (Å²) in [7, 11) is -3.25. The zero-order valence-corrected chi connectivity index (χ0v) is 13.3. The summed E-state index contributed by atoms with van der Waals surface area (Å²) in [4.78, 5) is 0. The van der Waals surface area contributed by atoms with E-state index in [-0.39, 0.29) is 0 Å². The van der Waals surface area contributed by atoms with Gasteiger partial charge in [0, 0.05) is 32.1 Å². The van der Waals surface area contributed by atoms with Crippen LogP contribution in [0.15, 0.2) is 0 Å². The van der Waals surface area contributed by atoms with Crippen LogP contribution in [0.1, 0.15) is 39.0 Å². The zero-order valence-electron chi connectivity index (χ0n) is 11.7. The molecule has 6 heteroatoms. The van der Waals surface area contributed by atoms with E-state index in [1.807, 2.05) is 0 Å². The maximum Gasteiger partial charge on any atom is 0.281 e. The van der Waals surface area contributed by atoms with Gasteiger partial charge in [0.2, 0.25) is 0 Å². The molecule has 19 heavy (non-hydrogen) atoms. The van der Waals surface area contributed by atoms with E-state index in [2.05, 4.69) is 6.92 Å². The molecule has 2 heterocycles. The first-order chi connectivity index (χ1) is 9.07. The van der Waals surface area contributed by atoms with Crippen LogP contribution in [0, 0.1) is 11.8 Å². The lowest BCUT2D eigenvalue weighted by atomic mass is 9.96. The average molecular weight is 309 g/mol. The van der Waals surface area contributed by atoms with Crippen LogP contribution in [0.3, 0.4) is 0 Å². The molecule has 0 N–H and O–H groups in total. The Morgan fingerprint density at radius 3 is 2.32 bits per heavy atom. The lowest BCUT2D eigenvalue weighted by Crippen LogP contribution is -2.50. The number of halogens is 1. The van der Waals surface area contributed by atoms with Gasteiger partial charge in [-0.1, -0.05) is 13.3 Å². The maximum absolute atomic E-state index is 12.6. The molecule has 1 unspecified atom stereocenters. The molecule has 0 aromatic carbocycles. The predicted octanol–water partition coefficient (Wildman–Crippen LogP) is 2.30. The van der Waals surface area contributed by atoms with Crippen molar-refractivity contribution < 1.29 is 8.42 Å². The molecule has 0 amide bonds. The van der Waals surface area contributed by atoms with Gasteiger partial charge in [0.15, 0.2) is 0 Å². The molecule has 0 spiro atoms. The largest absolute Gasteiger partial charge is 0.281 e. The Hall–Kier alpha value is 0.160. The number of hydrogen-bond donors (Lipinski definition) is 0. The summed E-state index contributed by atoms with van der Waals surface area (Å²) in [5, 5.41) is 0. The van der Waals surface area contributed by atoms with Crippen molar-refractivity contribution in [2.45, 2.75) is 39.0 Å². The molecular formula is C13H25ClN2O2S. The summed E-state index contributed by atoms with van der Waals surface area (Å²) < 4.78 is 28.5. The second-order valence-corrected chi connectivity index (χ2v) is 8.02. The molecule has 0 saturated carbocycles. The molecule has 2 aliphatic heterocycles. The van der Waals surface area contributed by atoms with Crippen LogP contribution in [-0.2, 0) is 10.2 Å². The first-order valence-corrected chi connectivity index (χ1v) is 9.32. The molecule has 0 radical (unpaired) electrons. The Morgan fingerprint density at radius 1 is 1.05 bits per heavy atom. The Kier molecular flexibility index (Phi) is 5.52. The van der Waals surface area contributed by atoms with Gasteiger partial charge < -0.3 is 0 Å². The van der Waals surface area contributed by atoms with Crippen molar-refractivity contribution >= 4 is 21.8 Å². The van der Waals surface area contributed by atoms with E-state index in [1.54, 1.807) is 8.61 Å². The fourth-order valence-electron chi connectivity index (χ4n) is 3.07. The standard InChI is InChI=1S/C13H25ClN2O2S/c1-2-12-5-8-15(9-6-12)19(17,18)16-7-3-4-13(10-14)11-16/h12-13H,2-11H2,1H3. The van der Waals surface area contributed by atoms with Crippen molar-refractivity contribution in [3.8, 4) is 0 Å². The predicted molar refractivity (Wildman–Crippen MR) is 78.5 cm³/mol. The topological polar surface area (TPSA) is 40.6 Å². The Morgan fingerprint density at radius 2 is 1.74 bits per heavy atom. The lowest BCUT2D eigenvalue weighted by Gasteiger charge is -2.37. The third kappa shape index (κ3) is 3.63. The molecule has 0 aliphatic carbocycles. The van der Waals surface area contributed by atoms with Crippen molar-refractivity contribution in [1.82, 2.24) is 8.61 Å². The van der Waals surface area contributed by atoms with Gasteiger partial charge in [0.1, 0.15) is 0 Å². The molecule has 112 valence electrons. The van der Waals surface area contributed by atoms with Crippen molar-refractivity contribution in [1.29, 1.82) is 0 Å². The van der Waals surface area contributed by atoms with Crippen molar-refractivity contribution in [3.63, 3.8) is 0 Å². The van der Waals surface area contributed by atoms with Crippen LogP contribution in [0.4, 0.5) is 0 Å². The van der Waals surface area contributed by atoms with Gasteiger partial charge in [-0.2, -0.15) is 17.0 Å². The Labute approximate surface area is 122 Å². The van der Waals surface area contributed by atoms with E-state index in [0.717, 1.165) is 32.1 Å². The molecule has 4 nitrogen and oxygen atoms in total. The van der Waals surface area contributed by atoms with Crippen molar-refractivity contribution in [2.24, 2.45) is 11.8 Å². The highest BCUT2D eigenvalue weighted by atomic mass is 35.5. The molecule has 0 aromatic rings. The minimum Gasteiger partial charge on any atom is -0.195 e. The molecule has 2 saturated heterocycles. The molecule has 0 bridgehead atoms. The van der Waals surface area contributed by atoms with Gasteiger partial charge in [-0.15, -0.1) is 11.6 Å². The molecule has 2 fully saturated rings. The van der Waals surface area contributed by atoms with Crippen LogP contribution in [0.25, 0.3) is 0 Å². The van der Waals surface area contributed by atoms with Gasteiger partial charge in [0.05, 0.1) is 0 Å². The summed E-state index contributed by atoms with van der Waals surface area (Å²) in [6, 6.07) is 0. The fraction of sp³-hybridized carbons (Fsp3) is 1.00. The molecule has 1 atom stereocenters. The lowest BCUT2D eigenvalue weighted by molar-refractivity contribution is 0.226. The molecule has 0 aromatic heterocycles. The Balaban J connectivity index is 1.98. The number of rotatable bonds is 4. The second-order valence-electron chi connectivity index (χ2n) is 5.78. The average Bonchev–Trinajstić information content (AvgIpc) is 2.47. The number of piperidine rings is 2. The van der Waals surface area contributed by atoms with Gasteiger partial charge >= 0.3 is 0 Å². The monoisotopic (exact) mass is 308 g/mol. The third-order valence-corrected chi connectivity index (χ3v) is 6.94. The van der Waals surface area contributed by atoms with Crippen LogP contribution >= 0.6 is 11.6 Å². The quantitative estimate of drug-likeness (QED) is 0.748. The fourth-order valence-corrected chi connectivity index (χ4v) is 5.08. The van der Waals surface area contributed by atoms with Crippen LogP contribution in [0.2, 0.25) is 0 Å². The van der Waals surface area contributed by atoms with Gasteiger partial charge in [-0.25, -0.2) is 0 Å². The van der Waals surface area contributed by atoms with E-state index in [4.69, 9.17) is 11.6 Å². The number of nitrogens with zero attached hydrogens (tertiary/aromatic N) is 2. The van der Waals surface area contributed by atoms with Crippen LogP contribution in [0.5, 0.6) is 0 Å². The first-order valence-electron chi connectivity index (χ1n) is 7.39. The highest BCUT2D eigenvalue weighted by Gasteiger charge is 2.35. The molecule has 2 aliphatic rings. The van der Waals surface area contributed by atoms with Crippen LogP contribution < -0.4 is 0 Å². The number of hydrogen-bond acceptors (Lipinski definition) is 2.